The molecule has 0 atom stereocenters. The van der Waals surface area contributed by atoms with Gasteiger partial charge in [0.25, 0.3) is 5.91 Å². The van der Waals surface area contributed by atoms with Crippen molar-refractivity contribution >= 4 is 35.0 Å². The summed E-state index contributed by atoms with van der Waals surface area (Å²) in [6.45, 7) is 4.88. The lowest BCUT2D eigenvalue weighted by Crippen LogP contribution is -2.35. The number of benzene rings is 3. The van der Waals surface area contributed by atoms with Crippen molar-refractivity contribution < 1.29 is 9.59 Å². The number of hydrogen-bond acceptors (Lipinski definition) is 5. The Bertz CT molecular complexity index is 1220. The first-order valence-corrected chi connectivity index (χ1v) is 12.6. The SMILES string of the molecule is Cc1ccc(NC(=O)CSc2ccccc2C(=O)N2CCCN(c3ccc(C#N)cc3)CC2)cc1. The molecule has 0 saturated carbocycles. The Morgan fingerprint density at radius 3 is 2.43 bits per heavy atom. The Labute approximate surface area is 210 Å². The summed E-state index contributed by atoms with van der Waals surface area (Å²) in [6, 6.07) is 24.9. The van der Waals surface area contributed by atoms with Gasteiger partial charge in [0.2, 0.25) is 5.91 Å². The third-order valence-electron chi connectivity index (χ3n) is 5.96. The summed E-state index contributed by atoms with van der Waals surface area (Å²) in [5.41, 5.74) is 4.24. The van der Waals surface area contributed by atoms with E-state index in [4.69, 9.17) is 5.26 Å². The highest BCUT2D eigenvalue weighted by atomic mass is 32.2. The summed E-state index contributed by atoms with van der Waals surface area (Å²) < 4.78 is 0. The number of amides is 2. The summed E-state index contributed by atoms with van der Waals surface area (Å²) in [4.78, 5) is 30.8. The summed E-state index contributed by atoms with van der Waals surface area (Å²) in [5.74, 6) is 0.118. The second-order valence-corrected chi connectivity index (χ2v) is 9.51. The molecule has 0 aromatic heterocycles. The van der Waals surface area contributed by atoms with Gasteiger partial charge in [0, 0.05) is 42.4 Å². The van der Waals surface area contributed by atoms with E-state index in [0.29, 0.717) is 24.2 Å². The van der Waals surface area contributed by atoms with Gasteiger partial charge >= 0.3 is 0 Å². The average molecular weight is 485 g/mol. The monoisotopic (exact) mass is 484 g/mol. The van der Waals surface area contributed by atoms with Crippen LogP contribution in [0, 0.1) is 18.3 Å². The number of thioether (sulfide) groups is 1. The van der Waals surface area contributed by atoms with Crippen molar-refractivity contribution in [3.05, 3.63) is 89.5 Å². The van der Waals surface area contributed by atoms with Gasteiger partial charge in [-0.05, 0) is 61.9 Å². The van der Waals surface area contributed by atoms with Crippen molar-refractivity contribution in [2.24, 2.45) is 0 Å². The standard InChI is InChI=1S/C28H28N4O2S/c1-21-7-11-23(12-8-21)30-27(33)20-35-26-6-3-2-5-25(26)28(34)32-16-4-15-31(17-18-32)24-13-9-22(19-29)10-14-24/h2-3,5-14H,4,15-18,20H2,1H3,(H,30,33). The zero-order valence-electron chi connectivity index (χ0n) is 19.7. The number of aryl methyl sites for hydroxylation is 1. The van der Waals surface area contributed by atoms with E-state index >= 15 is 0 Å². The van der Waals surface area contributed by atoms with Crippen LogP contribution in [0.25, 0.3) is 0 Å². The molecule has 3 aromatic carbocycles. The normalized spacial score (nSPS) is 13.6. The van der Waals surface area contributed by atoms with Crippen LogP contribution in [0.4, 0.5) is 11.4 Å². The van der Waals surface area contributed by atoms with E-state index in [9.17, 15) is 9.59 Å². The average Bonchev–Trinajstić information content (AvgIpc) is 3.15. The molecule has 1 heterocycles. The molecule has 0 unspecified atom stereocenters. The third-order valence-corrected chi connectivity index (χ3v) is 7.03. The minimum absolute atomic E-state index is 0.00581. The van der Waals surface area contributed by atoms with Crippen LogP contribution in [0.15, 0.2) is 77.7 Å². The van der Waals surface area contributed by atoms with Gasteiger partial charge in [-0.15, -0.1) is 11.8 Å². The van der Waals surface area contributed by atoms with E-state index < -0.39 is 0 Å². The Hall–Kier alpha value is -3.76. The van der Waals surface area contributed by atoms with E-state index in [1.165, 1.54) is 11.8 Å². The van der Waals surface area contributed by atoms with Crippen LogP contribution >= 0.6 is 11.8 Å². The van der Waals surface area contributed by atoms with Crippen LogP contribution in [-0.4, -0.2) is 48.6 Å². The molecule has 7 heteroatoms. The van der Waals surface area contributed by atoms with E-state index in [0.717, 1.165) is 41.3 Å². The van der Waals surface area contributed by atoms with Crippen LogP contribution in [0.2, 0.25) is 0 Å². The van der Waals surface area contributed by atoms with Crippen LogP contribution in [0.3, 0.4) is 0 Å². The van der Waals surface area contributed by atoms with Gasteiger partial charge in [-0.2, -0.15) is 5.26 Å². The number of nitrogens with one attached hydrogen (secondary N) is 1. The fourth-order valence-electron chi connectivity index (χ4n) is 4.04. The highest BCUT2D eigenvalue weighted by molar-refractivity contribution is 8.00. The quantitative estimate of drug-likeness (QED) is 0.501. The van der Waals surface area contributed by atoms with Crippen LogP contribution in [-0.2, 0) is 4.79 Å². The van der Waals surface area contributed by atoms with E-state index in [1.54, 1.807) is 0 Å². The molecule has 1 saturated heterocycles. The molecule has 6 nitrogen and oxygen atoms in total. The zero-order chi connectivity index (χ0) is 24.6. The molecular weight excluding hydrogens is 456 g/mol. The second-order valence-electron chi connectivity index (χ2n) is 8.49. The van der Waals surface area contributed by atoms with Gasteiger partial charge in [0.15, 0.2) is 0 Å². The molecule has 4 rings (SSSR count). The fourth-order valence-corrected chi connectivity index (χ4v) is 4.89. The molecular formula is C28H28N4O2S. The van der Waals surface area contributed by atoms with E-state index in [2.05, 4.69) is 16.3 Å². The molecule has 3 aromatic rings. The van der Waals surface area contributed by atoms with E-state index in [1.807, 2.05) is 84.6 Å². The highest BCUT2D eigenvalue weighted by Gasteiger charge is 2.22. The molecule has 1 fully saturated rings. The minimum Gasteiger partial charge on any atom is -0.370 e. The number of anilines is 2. The Morgan fingerprint density at radius 1 is 0.943 bits per heavy atom. The molecule has 1 aliphatic heterocycles. The first kappa shape index (κ1) is 24.4. The predicted octanol–water partition coefficient (Wildman–Crippen LogP) is 4.95. The molecule has 0 spiro atoms. The highest BCUT2D eigenvalue weighted by Crippen LogP contribution is 2.25. The topological polar surface area (TPSA) is 76.4 Å². The van der Waals surface area contributed by atoms with Crippen molar-refractivity contribution in [2.45, 2.75) is 18.2 Å². The molecule has 0 bridgehead atoms. The first-order valence-electron chi connectivity index (χ1n) is 11.7. The number of nitriles is 1. The summed E-state index contributed by atoms with van der Waals surface area (Å²) in [5, 5.41) is 11.9. The van der Waals surface area contributed by atoms with Crippen molar-refractivity contribution in [2.75, 3.05) is 42.1 Å². The molecule has 2 amide bonds. The Morgan fingerprint density at radius 2 is 1.69 bits per heavy atom. The fraction of sp³-hybridized carbons (Fsp3) is 0.250. The smallest absolute Gasteiger partial charge is 0.255 e. The van der Waals surface area contributed by atoms with Gasteiger partial charge in [-0.3, -0.25) is 9.59 Å². The van der Waals surface area contributed by atoms with Gasteiger partial charge in [0.05, 0.1) is 22.9 Å². The zero-order valence-corrected chi connectivity index (χ0v) is 20.6. The number of nitrogens with zero attached hydrogens (tertiary/aromatic N) is 3. The van der Waals surface area contributed by atoms with Gasteiger partial charge in [-0.25, -0.2) is 0 Å². The number of carbonyl (C=O) groups is 2. The minimum atomic E-state index is -0.103. The maximum atomic E-state index is 13.4. The predicted molar refractivity (Wildman–Crippen MR) is 141 cm³/mol. The van der Waals surface area contributed by atoms with Gasteiger partial charge in [-0.1, -0.05) is 29.8 Å². The molecule has 35 heavy (non-hydrogen) atoms. The lowest BCUT2D eigenvalue weighted by Gasteiger charge is -2.24. The lowest BCUT2D eigenvalue weighted by molar-refractivity contribution is -0.113. The molecule has 1 aliphatic rings. The van der Waals surface area contributed by atoms with Crippen LogP contribution in [0.5, 0.6) is 0 Å². The molecule has 0 aliphatic carbocycles. The molecule has 1 N–H and O–H groups in total. The summed E-state index contributed by atoms with van der Waals surface area (Å²) in [7, 11) is 0. The maximum absolute atomic E-state index is 13.4. The number of carbonyl (C=O) groups excluding carboxylic acids is 2. The summed E-state index contributed by atoms with van der Waals surface area (Å²) in [6.07, 6.45) is 0.861. The van der Waals surface area contributed by atoms with Crippen molar-refractivity contribution in [3.8, 4) is 6.07 Å². The number of hydrogen-bond donors (Lipinski definition) is 1. The van der Waals surface area contributed by atoms with Crippen molar-refractivity contribution in [1.82, 2.24) is 4.90 Å². The molecule has 0 radical (unpaired) electrons. The Kier molecular flexibility index (Phi) is 8.07. The van der Waals surface area contributed by atoms with Gasteiger partial charge in [0.1, 0.15) is 0 Å². The molecule has 178 valence electrons. The third kappa shape index (κ3) is 6.43. The van der Waals surface area contributed by atoms with Crippen molar-refractivity contribution in [3.63, 3.8) is 0 Å². The van der Waals surface area contributed by atoms with Crippen LogP contribution in [0.1, 0.15) is 27.9 Å². The lowest BCUT2D eigenvalue weighted by atomic mass is 10.2. The number of rotatable bonds is 6. The van der Waals surface area contributed by atoms with Crippen LogP contribution < -0.4 is 10.2 Å². The Balaban J connectivity index is 1.37. The second kappa shape index (κ2) is 11.6. The van der Waals surface area contributed by atoms with Gasteiger partial charge < -0.3 is 15.1 Å². The van der Waals surface area contributed by atoms with E-state index in [-0.39, 0.29) is 17.6 Å². The first-order chi connectivity index (χ1) is 17.0. The summed E-state index contributed by atoms with van der Waals surface area (Å²) >= 11 is 1.38. The maximum Gasteiger partial charge on any atom is 0.255 e. The van der Waals surface area contributed by atoms with Crippen molar-refractivity contribution in [1.29, 1.82) is 5.26 Å². The largest absolute Gasteiger partial charge is 0.370 e.